The summed E-state index contributed by atoms with van der Waals surface area (Å²) in [6, 6.07) is 37.4. The predicted molar refractivity (Wildman–Crippen MR) is 306 cm³/mol. The molecule has 0 aliphatic carbocycles. The molecule has 10 aromatic rings. The molecule has 0 spiro atoms. The van der Waals surface area contributed by atoms with E-state index in [0.29, 0.717) is 49.6 Å². The molecule has 0 fully saturated rings. The molecule has 0 aromatic heterocycles. The molecule has 24 nitrogen and oxygen atoms in total. The number of rotatable bonds is 14. The smallest absolute Gasteiger partial charge is 0.296 e. The topological polar surface area (TPSA) is 409 Å². The summed E-state index contributed by atoms with van der Waals surface area (Å²) < 4.78 is 137. The quantitative estimate of drug-likeness (QED) is 0.0217. The molecule has 0 aliphatic rings. The van der Waals surface area contributed by atoms with Gasteiger partial charge in [0, 0.05) is 22.1 Å². The monoisotopic (exact) mass is 1180 g/mol. The van der Waals surface area contributed by atoms with Crippen LogP contribution >= 0.6 is 0 Å². The van der Waals surface area contributed by atoms with Gasteiger partial charge in [-0.25, -0.2) is 0 Å². The van der Waals surface area contributed by atoms with Crippen molar-refractivity contribution in [2.45, 2.75) is 19.6 Å². The first-order valence-electron chi connectivity index (χ1n) is 23.5. The fourth-order valence-electron chi connectivity index (χ4n) is 8.54. The summed E-state index contributed by atoms with van der Waals surface area (Å²) in [6.07, 6.45) is 2.89. The SMILES string of the molecule is Nc1ccc(N=Nc2ccc3ccc(S(=O)(=O)O)cc3c2)c2ccc(N=Nc3ccc(/C=C/c4ccc(N=Nc5c(S(=O)(=O)O)cc6c(N=Nc7ccc8ccc(S(=O)(=O)O)cc8c7)ccc(N)c6c5O)cc4S(=O)(=O)O)cc3)c(O)c12. The van der Waals surface area contributed by atoms with Crippen molar-refractivity contribution in [3.05, 3.63) is 169 Å². The number of phenolic OH excluding ortho intramolecular Hbond substituents is 2. The third-order valence-electron chi connectivity index (χ3n) is 12.5. The number of hydrogen-bond acceptors (Lipinski definition) is 20. The lowest BCUT2D eigenvalue weighted by Gasteiger charge is -2.12. The predicted octanol–water partition coefficient (Wildman–Crippen LogP) is 13.7. The van der Waals surface area contributed by atoms with Crippen LogP contribution in [0.5, 0.6) is 11.5 Å². The summed E-state index contributed by atoms with van der Waals surface area (Å²) in [6.45, 7) is 0. The molecular formula is C54H38N10O14S4. The van der Waals surface area contributed by atoms with Crippen LogP contribution in [0.1, 0.15) is 11.1 Å². The number of aromatic hydroxyl groups is 2. The molecule has 10 aromatic carbocycles. The van der Waals surface area contributed by atoms with E-state index in [4.69, 9.17) is 11.5 Å². The van der Waals surface area contributed by atoms with Crippen molar-refractivity contribution >= 4 is 153 Å². The number of nitrogens with two attached hydrogens (primary N) is 2. The maximum atomic E-state index is 12.8. The van der Waals surface area contributed by atoms with E-state index in [1.807, 2.05) is 0 Å². The molecule has 0 amide bonds. The highest BCUT2D eigenvalue weighted by atomic mass is 32.2. The van der Waals surface area contributed by atoms with E-state index in [9.17, 15) is 62.1 Å². The van der Waals surface area contributed by atoms with Gasteiger partial charge in [-0.15, -0.1) is 20.5 Å². The van der Waals surface area contributed by atoms with Gasteiger partial charge in [0.15, 0.2) is 11.5 Å². The van der Waals surface area contributed by atoms with Crippen LogP contribution in [0.25, 0.3) is 55.2 Å². The van der Waals surface area contributed by atoms with Crippen molar-refractivity contribution in [2.75, 3.05) is 11.5 Å². The van der Waals surface area contributed by atoms with Gasteiger partial charge in [-0.05, 0) is 148 Å². The second kappa shape index (κ2) is 21.4. The van der Waals surface area contributed by atoms with Gasteiger partial charge in [0.1, 0.15) is 21.2 Å². The first-order chi connectivity index (χ1) is 38.8. The fraction of sp³-hybridized carbons (Fsp3) is 0. The molecule has 0 saturated carbocycles. The maximum absolute atomic E-state index is 12.8. The zero-order valence-electron chi connectivity index (χ0n) is 41.5. The van der Waals surface area contributed by atoms with Crippen LogP contribution in [-0.4, -0.2) is 62.1 Å². The van der Waals surface area contributed by atoms with Gasteiger partial charge in [0.25, 0.3) is 40.5 Å². The van der Waals surface area contributed by atoms with Crippen LogP contribution in [0.15, 0.2) is 218 Å². The molecule has 0 heterocycles. The molecule has 82 heavy (non-hydrogen) atoms. The van der Waals surface area contributed by atoms with Gasteiger partial charge in [0.05, 0.1) is 54.7 Å². The first kappa shape index (κ1) is 55.5. The summed E-state index contributed by atoms with van der Waals surface area (Å²) >= 11 is 0. The van der Waals surface area contributed by atoms with E-state index in [1.54, 1.807) is 72.8 Å². The van der Waals surface area contributed by atoms with Crippen LogP contribution in [0.2, 0.25) is 0 Å². The van der Waals surface area contributed by atoms with E-state index >= 15 is 0 Å². The summed E-state index contributed by atoms with van der Waals surface area (Å²) in [4.78, 5) is -2.21. The highest BCUT2D eigenvalue weighted by Gasteiger charge is 2.25. The number of nitrogens with zero attached hydrogens (tertiary/aromatic N) is 8. The summed E-state index contributed by atoms with van der Waals surface area (Å²) in [5.41, 5.74) is 13.4. The van der Waals surface area contributed by atoms with Gasteiger partial charge < -0.3 is 21.7 Å². The van der Waals surface area contributed by atoms with Crippen molar-refractivity contribution in [1.82, 2.24) is 0 Å². The fourth-order valence-corrected chi connectivity index (χ4v) is 10.9. The van der Waals surface area contributed by atoms with Crippen LogP contribution < -0.4 is 11.5 Å². The lowest BCUT2D eigenvalue weighted by molar-refractivity contribution is 0.472. The van der Waals surface area contributed by atoms with Crippen LogP contribution in [0.3, 0.4) is 0 Å². The second-order valence-electron chi connectivity index (χ2n) is 17.9. The molecule has 0 aliphatic heterocycles. The van der Waals surface area contributed by atoms with Crippen LogP contribution in [0, 0.1) is 0 Å². The minimum Gasteiger partial charge on any atom is -0.505 e. The molecule has 10 rings (SSSR count). The normalized spacial score (nSPS) is 13.0. The van der Waals surface area contributed by atoms with Gasteiger partial charge in [-0.2, -0.15) is 54.1 Å². The Bertz CT molecular complexity index is 4980. The lowest BCUT2D eigenvalue weighted by atomic mass is 10.0. The Kier molecular flexibility index (Phi) is 14.5. The summed E-state index contributed by atoms with van der Waals surface area (Å²) in [7, 11) is -19.1. The lowest BCUT2D eigenvalue weighted by Crippen LogP contribution is -2.00. The van der Waals surface area contributed by atoms with Gasteiger partial charge >= 0.3 is 0 Å². The molecule has 0 bridgehead atoms. The minimum atomic E-state index is -5.19. The zero-order chi connectivity index (χ0) is 58.5. The summed E-state index contributed by atoms with van der Waals surface area (Å²) in [5, 5.41) is 58.6. The Hall–Kier alpha value is -9.78. The van der Waals surface area contributed by atoms with E-state index in [0.717, 1.165) is 12.1 Å². The van der Waals surface area contributed by atoms with Gasteiger partial charge in [0.2, 0.25) is 0 Å². The van der Waals surface area contributed by atoms with Crippen molar-refractivity contribution in [3.63, 3.8) is 0 Å². The van der Waals surface area contributed by atoms with Crippen LogP contribution in [0.4, 0.5) is 56.9 Å². The molecule has 0 saturated heterocycles. The van der Waals surface area contributed by atoms with Crippen molar-refractivity contribution in [1.29, 1.82) is 0 Å². The Labute approximate surface area is 464 Å². The molecule has 0 radical (unpaired) electrons. The number of azo groups is 4. The Morgan fingerprint density at radius 2 is 0.805 bits per heavy atom. The number of hydrogen-bond donors (Lipinski definition) is 8. The number of nitrogen functional groups attached to an aromatic ring is 2. The van der Waals surface area contributed by atoms with Crippen molar-refractivity contribution < 1.29 is 62.1 Å². The van der Waals surface area contributed by atoms with E-state index < -0.39 is 61.7 Å². The zero-order valence-corrected chi connectivity index (χ0v) is 44.7. The summed E-state index contributed by atoms with van der Waals surface area (Å²) in [5.74, 6) is -1.16. The van der Waals surface area contributed by atoms with E-state index in [1.165, 1.54) is 84.9 Å². The Balaban J connectivity index is 0.868. The van der Waals surface area contributed by atoms with Gasteiger partial charge in [-0.3, -0.25) is 18.2 Å². The average Bonchev–Trinajstić information content (AvgIpc) is 2.73. The van der Waals surface area contributed by atoms with E-state index in [-0.39, 0.29) is 71.4 Å². The molecule has 0 atom stereocenters. The molecule has 28 heteroatoms. The Morgan fingerprint density at radius 3 is 1.35 bits per heavy atom. The number of anilines is 2. The molecule has 0 unspecified atom stereocenters. The van der Waals surface area contributed by atoms with Crippen molar-refractivity contribution in [2.24, 2.45) is 40.9 Å². The second-order valence-corrected chi connectivity index (χ2v) is 23.6. The van der Waals surface area contributed by atoms with Crippen LogP contribution in [-0.2, 0) is 40.5 Å². The third kappa shape index (κ3) is 11.7. The van der Waals surface area contributed by atoms with Gasteiger partial charge in [-0.1, -0.05) is 54.6 Å². The standard InChI is InChI=1S/C54H38N10O14S4/c55-43-18-21-45(61-58-36-12-5-30-8-15-39(79(67,68)69)25-33(30)23-36)41-17-20-47(53(65)50(41)43)63-57-35-10-2-29(3-11-35)1-4-32-7-14-38(27-48(32)81(73,74)75)60-64-52-49(82(76,77)78)28-42-46(22-19-44(56)51(42)54(52)66)62-59-37-13-6-31-9-16-40(80(70,71)72)26-34(31)24-37/h1-28,65-66H,55-56H2,(H,67,68,69)(H,70,71,72)(H,73,74,75)(H,76,77,78)/b4-1+,61-58?,62-59?,63-57?,64-60?. The number of fused-ring (bicyclic) bond motifs is 4. The molecular weight excluding hydrogens is 1140 g/mol. The number of phenols is 2. The molecule has 412 valence electrons. The highest BCUT2D eigenvalue weighted by molar-refractivity contribution is 7.86. The number of benzene rings is 10. The average molecular weight is 1180 g/mol. The largest absolute Gasteiger partial charge is 0.505 e. The van der Waals surface area contributed by atoms with Crippen molar-refractivity contribution in [3.8, 4) is 11.5 Å². The third-order valence-corrected chi connectivity index (χ3v) is 16.0. The minimum absolute atomic E-state index is 0.0142. The van der Waals surface area contributed by atoms with E-state index in [2.05, 4.69) is 40.9 Å². The Morgan fingerprint density at radius 1 is 0.354 bits per heavy atom. The molecule has 10 N–H and O–H groups in total. The maximum Gasteiger partial charge on any atom is 0.296 e. The highest BCUT2D eigenvalue weighted by Crippen LogP contribution is 2.47. The first-order valence-corrected chi connectivity index (χ1v) is 29.2.